The minimum Gasteiger partial charge on any atom is -0.344 e. The summed E-state index contributed by atoms with van der Waals surface area (Å²) < 4.78 is 13.9. The highest BCUT2D eigenvalue weighted by Gasteiger charge is 2.33. The lowest BCUT2D eigenvalue weighted by molar-refractivity contribution is -0.129. The predicted octanol–water partition coefficient (Wildman–Crippen LogP) is 2.15. The fourth-order valence-electron chi connectivity index (χ4n) is 3.04. The van der Waals surface area contributed by atoms with E-state index in [-0.39, 0.29) is 11.9 Å². The van der Waals surface area contributed by atoms with Crippen molar-refractivity contribution in [1.82, 2.24) is 19.8 Å². The molecular weight excluding hydrogens is 327 g/mol. The van der Waals surface area contributed by atoms with E-state index < -0.39 is 6.17 Å². The molecule has 0 aliphatic carbocycles. The van der Waals surface area contributed by atoms with Crippen molar-refractivity contribution in [3.8, 4) is 0 Å². The first-order valence-corrected chi connectivity index (χ1v) is 8.89. The summed E-state index contributed by atoms with van der Waals surface area (Å²) in [4.78, 5) is 24.5. The highest BCUT2D eigenvalue weighted by molar-refractivity contribution is 7.09. The molecule has 0 bridgehead atoms. The summed E-state index contributed by atoms with van der Waals surface area (Å²) in [6, 6.07) is 3.75. The molecule has 0 aromatic carbocycles. The van der Waals surface area contributed by atoms with Gasteiger partial charge < -0.3 is 4.90 Å². The zero-order valence-electron chi connectivity index (χ0n) is 13.6. The van der Waals surface area contributed by atoms with Gasteiger partial charge in [0.1, 0.15) is 11.2 Å². The Morgan fingerprint density at radius 2 is 2.38 bits per heavy atom. The average Bonchev–Trinajstić information content (AvgIpc) is 3.19. The number of carbonyl (C=O) groups excluding carboxylic acids is 1. The summed E-state index contributed by atoms with van der Waals surface area (Å²) in [7, 11) is 1.78. The smallest absolute Gasteiger partial charge is 0.226 e. The fourth-order valence-corrected chi connectivity index (χ4v) is 3.68. The Morgan fingerprint density at radius 1 is 1.50 bits per heavy atom. The van der Waals surface area contributed by atoms with Crippen LogP contribution in [0, 0.1) is 0 Å². The molecule has 3 heterocycles. The molecule has 2 aromatic heterocycles. The maximum absolute atomic E-state index is 13.9. The van der Waals surface area contributed by atoms with Crippen LogP contribution < -0.4 is 0 Å². The Morgan fingerprint density at radius 3 is 3.08 bits per heavy atom. The van der Waals surface area contributed by atoms with E-state index in [0.29, 0.717) is 32.5 Å². The Balaban J connectivity index is 1.57. The van der Waals surface area contributed by atoms with E-state index in [4.69, 9.17) is 0 Å². The van der Waals surface area contributed by atoms with Crippen LogP contribution in [0.2, 0.25) is 0 Å². The van der Waals surface area contributed by atoms with Crippen molar-refractivity contribution in [3.05, 3.63) is 46.7 Å². The molecule has 1 saturated heterocycles. The van der Waals surface area contributed by atoms with Crippen molar-refractivity contribution in [1.29, 1.82) is 0 Å². The van der Waals surface area contributed by atoms with Crippen LogP contribution in [0.3, 0.4) is 0 Å². The van der Waals surface area contributed by atoms with E-state index in [2.05, 4.69) is 14.9 Å². The largest absolute Gasteiger partial charge is 0.344 e. The second kappa shape index (κ2) is 7.81. The number of aromatic nitrogens is 2. The molecule has 1 aliphatic heterocycles. The second-order valence-electron chi connectivity index (χ2n) is 6.15. The number of likely N-dealkylation sites (N-methyl/N-ethyl adjacent to an activating group) is 1. The third-order valence-corrected chi connectivity index (χ3v) is 5.05. The normalized spacial score (nSPS) is 21.1. The first-order valence-electron chi connectivity index (χ1n) is 8.01. The van der Waals surface area contributed by atoms with Gasteiger partial charge in [-0.2, -0.15) is 0 Å². The second-order valence-corrected chi connectivity index (χ2v) is 7.13. The van der Waals surface area contributed by atoms with E-state index in [1.165, 1.54) is 0 Å². The van der Waals surface area contributed by atoms with Gasteiger partial charge in [-0.1, -0.05) is 6.07 Å². The van der Waals surface area contributed by atoms with Gasteiger partial charge in [0.2, 0.25) is 5.91 Å². The van der Waals surface area contributed by atoms with Gasteiger partial charge in [0, 0.05) is 50.1 Å². The average molecular weight is 348 g/mol. The van der Waals surface area contributed by atoms with E-state index in [9.17, 15) is 9.18 Å². The summed E-state index contributed by atoms with van der Waals surface area (Å²) in [5, 5.41) is 2.91. The van der Waals surface area contributed by atoms with Crippen LogP contribution in [0.5, 0.6) is 0 Å². The van der Waals surface area contributed by atoms with Crippen LogP contribution in [-0.4, -0.2) is 58.0 Å². The molecule has 0 spiro atoms. The number of amides is 1. The van der Waals surface area contributed by atoms with E-state index >= 15 is 0 Å². The van der Waals surface area contributed by atoms with Gasteiger partial charge >= 0.3 is 0 Å². The van der Waals surface area contributed by atoms with Crippen LogP contribution in [-0.2, 0) is 17.8 Å². The molecule has 2 aromatic rings. The minimum atomic E-state index is -0.836. The Labute approximate surface area is 145 Å². The number of alkyl halides is 1. The SMILES string of the molecule is CN(C[C@@H]1C[C@H](F)CN1Cc1nccs1)C(=O)Cc1cccnc1. The van der Waals surface area contributed by atoms with Gasteiger partial charge in [0.05, 0.1) is 13.0 Å². The topological polar surface area (TPSA) is 49.3 Å². The molecule has 0 saturated carbocycles. The predicted molar refractivity (Wildman–Crippen MR) is 91.4 cm³/mol. The van der Waals surface area contributed by atoms with Crippen molar-refractivity contribution in [2.24, 2.45) is 0 Å². The molecule has 24 heavy (non-hydrogen) atoms. The van der Waals surface area contributed by atoms with Gasteiger partial charge in [-0.15, -0.1) is 11.3 Å². The van der Waals surface area contributed by atoms with Crippen molar-refractivity contribution < 1.29 is 9.18 Å². The molecule has 0 radical (unpaired) electrons. The number of carbonyl (C=O) groups is 1. The molecule has 2 atom stereocenters. The molecular formula is C17H21FN4OS. The first-order chi connectivity index (χ1) is 11.6. The number of rotatable bonds is 6. The van der Waals surface area contributed by atoms with Gasteiger partial charge in [0.25, 0.3) is 0 Å². The quantitative estimate of drug-likeness (QED) is 0.803. The third-order valence-electron chi connectivity index (χ3n) is 4.29. The Kier molecular flexibility index (Phi) is 5.52. The maximum Gasteiger partial charge on any atom is 0.226 e. The molecule has 128 valence electrons. The van der Waals surface area contributed by atoms with Gasteiger partial charge in [-0.25, -0.2) is 9.37 Å². The summed E-state index contributed by atoms with van der Waals surface area (Å²) in [5.74, 6) is 0.0273. The van der Waals surface area contributed by atoms with Crippen LogP contribution in [0.1, 0.15) is 17.0 Å². The number of likely N-dealkylation sites (tertiary alicyclic amines) is 1. The number of hydrogen-bond acceptors (Lipinski definition) is 5. The van der Waals surface area contributed by atoms with Crippen molar-refractivity contribution >= 4 is 17.2 Å². The molecule has 1 fully saturated rings. The van der Waals surface area contributed by atoms with Crippen molar-refractivity contribution in [3.63, 3.8) is 0 Å². The van der Waals surface area contributed by atoms with Crippen LogP contribution >= 0.6 is 11.3 Å². The van der Waals surface area contributed by atoms with Crippen molar-refractivity contribution in [2.75, 3.05) is 20.1 Å². The highest BCUT2D eigenvalue weighted by atomic mass is 32.1. The van der Waals surface area contributed by atoms with Crippen LogP contribution in [0.4, 0.5) is 4.39 Å². The molecule has 3 rings (SSSR count). The van der Waals surface area contributed by atoms with Gasteiger partial charge in [-0.05, 0) is 18.1 Å². The summed E-state index contributed by atoms with van der Waals surface area (Å²) in [6.45, 7) is 1.59. The molecule has 1 amide bonds. The number of thiazole rings is 1. The highest BCUT2D eigenvalue weighted by Crippen LogP contribution is 2.24. The minimum absolute atomic E-state index is 0.0273. The van der Waals surface area contributed by atoms with Gasteiger partial charge in [-0.3, -0.25) is 14.7 Å². The molecule has 5 nitrogen and oxygen atoms in total. The lowest BCUT2D eigenvalue weighted by atomic mass is 10.1. The standard InChI is InChI=1S/C17H21FN4OS/c1-21(17(23)7-13-3-2-4-19-9-13)11-15-8-14(18)10-22(15)12-16-20-5-6-24-16/h2-6,9,14-15H,7-8,10-12H2,1H3/t14-,15-/m0/s1. The first kappa shape index (κ1) is 17.0. The van der Waals surface area contributed by atoms with E-state index in [1.807, 2.05) is 17.5 Å². The van der Waals surface area contributed by atoms with Crippen LogP contribution in [0.15, 0.2) is 36.1 Å². The number of pyridine rings is 1. The molecule has 1 aliphatic rings. The monoisotopic (exact) mass is 348 g/mol. The number of hydrogen-bond donors (Lipinski definition) is 0. The Bertz CT molecular complexity index is 652. The zero-order valence-corrected chi connectivity index (χ0v) is 14.5. The fraction of sp³-hybridized carbons (Fsp3) is 0.471. The number of nitrogens with zero attached hydrogens (tertiary/aromatic N) is 4. The van der Waals surface area contributed by atoms with Crippen molar-refractivity contribution in [2.45, 2.75) is 31.6 Å². The lowest BCUT2D eigenvalue weighted by Gasteiger charge is -2.27. The summed E-state index contributed by atoms with van der Waals surface area (Å²) in [6.07, 6.45) is 5.11. The summed E-state index contributed by atoms with van der Waals surface area (Å²) >= 11 is 1.58. The number of halogens is 1. The van der Waals surface area contributed by atoms with Gasteiger partial charge in [0.15, 0.2) is 0 Å². The lowest BCUT2D eigenvalue weighted by Crippen LogP contribution is -2.41. The van der Waals surface area contributed by atoms with Crippen LogP contribution in [0.25, 0.3) is 0 Å². The zero-order chi connectivity index (χ0) is 16.9. The Hall–Kier alpha value is -1.86. The third kappa shape index (κ3) is 4.36. The van der Waals surface area contributed by atoms with E-state index in [0.717, 1.165) is 10.6 Å². The maximum atomic E-state index is 13.9. The van der Waals surface area contributed by atoms with E-state index in [1.54, 1.807) is 41.9 Å². The molecule has 0 N–H and O–H groups in total. The summed E-state index contributed by atoms with van der Waals surface area (Å²) in [5.41, 5.74) is 0.892. The molecule has 7 heteroatoms. The molecule has 0 unspecified atom stereocenters.